The van der Waals surface area contributed by atoms with Gasteiger partial charge in [-0.25, -0.2) is 8.42 Å². The van der Waals surface area contributed by atoms with Crippen molar-refractivity contribution in [1.82, 2.24) is 10.2 Å². The second-order valence-corrected chi connectivity index (χ2v) is 8.48. The van der Waals surface area contributed by atoms with Crippen LogP contribution in [-0.4, -0.2) is 49.5 Å². The van der Waals surface area contributed by atoms with Gasteiger partial charge in [0.1, 0.15) is 9.84 Å². The number of carbonyl (C=O) groups excluding carboxylic acids is 1. The number of amides is 1. The van der Waals surface area contributed by atoms with Crippen molar-refractivity contribution in [3.05, 3.63) is 0 Å². The van der Waals surface area contributed by atoms with Gasteiger partial charge in [0.25, 0.3) is 0 Å². The van der Waals surface area contributed by atoms with Gasteiger partial charge in [-0.1, -0.05) is 26.2 Å². The lowest BCUT2D eigenvalue weighted by Gasteiger charge is -2.23. The number of hydrogen-bond acceptors (Lipinski definition) is 4. The number of nitrogens with zero attached hydrogens (tertiary/aromatic N) is 1. The van der Waals surface area contributed by atoms with Gasteiger partial charge < -0.3 is 4.90 Å². The van der Waals surface area contributed by atoms with E-state index < -0.39 is 9.84 Å². The molecule has 20 heavy (non-hydrogen) atoms. The second-order valence-electron chi connectivity index (χ2n) is 6.22. The Hall–Kier alpha value is -0.620. The molecule has 0 aromatic heterocycles. The van der Waals surface area contributed by atoms with Crippen molar-refractivity contribution in [2.24, 2.45) is 0 Å². The summed E-state index contributed by atoms with van der Waals surface area (Å²) in [7, 11) is -2.95. The van der Waals surface area contributed by atoms with Crippen molar-refractivity contribution < 1.29 is 13.2 Å². The maximum atomic E-state index is 12.7. The molecule has 1 atom stereocenters. The smallest absolute Gasteiger partial charge is 0.244 e. The molecule has 1 N–H and O–H groups in total. The van der Waals surface area contributed by atoms with E-state index in [4.69, 9.17) is 0 Å². The molecule has 2 rings (SSSR count). The van der Waals surface area contributed by atoms with E-state index in [1.54, 1.807) is 0 Å². The molecule has 0 bridgehead atoms. The van der Waals surface area contributed by atoms with Crippen LogP contribution in [0.2, 0.25) is 0 Å². The van der Waals surface area contributed by atoms with Crippen LogP contribution in [0.3, 0.4) is 0 Å². The molecule has 1 amide bonds. The van der Waals surface area contributed by atoms with E-state index in [-0.39, 0.29) is 23.4 Å². The van der Waals surface area contributed by atoms with Gasteiger partial charge in [0.05, 0.1) is 17.5 Å². The average molecular weight is 302 g/mol. The average Bonchev–Trinajstić information content (AvgIpc) is 2.90. The predicted molar refractivity (Wildman–Crippen MR) is 79.1 cm³/mol. The summed E-state index contributed by atoms with van der Waals surface area (Å²) in [5, 5.41) is 3.54. The van der Waals surface area contributed by atoms with Gasteiger partial charge in [0.2, 0.25) is 5.91 Å². The number of nitrogens with one attached hydrogen (secondary N) is 1. The molecule has 1 aliphatic carbocycles. The largest absolute Gasteiger partial charge is 0.326 e. The molecular weight excluding hydrogens is 276 g/mol. The van der Waals surface area contributed by atoms with Gasteiger partial charge in [-0.3, -0.25) is 10.1 Å². The zero-order chi connectivity index (χ0) is 14.8. The first-order valence-corrected chi connectivity index (χ1v) is 9.70. The van der Waals surface area contributed by atoms with Crippen LogP contribution >= 0.6 is 0 Å². The first-order valence-electron chi connectivity index (χ1n) is 7.64. The summed E-state index contributed by atoms with van der Waals surface area (Å²) in [6.07, 6.45) is 7.88. The van der Waals surface area contributed by atoms with E-state index in [1.165, 1.54) is 6.26 Å². The van der Waals surface area contributed by atoms with E-state index in [9.17, 15) is 13.2 Å². The third-order valence-electron chi connectivity index (χ3n) is 4.42. The minimum atomic E-state index is -2.95. The summed E-state index contributed by atoms with van der Waals surface area (Å²) >= 11 is 0. The Kier molecular flexibility index (Phi) is 4.74. The summed E-state index contributed by atoms with van der Waals surface area (Å²) in [4.78, 5) is 14.6. The Morgan fingerprint density at radius 2 is 2.00 bits per heavy atom. The normalized spacial score (nSPS) is 25.8. The Balaban J connectivity index is 2.02. The second kappa shape index (κ2) is 6.02. The fourth-order valence-electron chi connectivity index (χ4n) is 3.47. The van der Waals surface area contributed by atoms with Crippen molar-refractivity contribution in [3.63, 3.8) is 0 Å². The molecule has 116 valence electrons. The molecule has 5 nitrogen and oxygen atoms in total. The lowest BCUT2D eigenvalue weighted by Crippen LogP contribution is -2.44. The Labute approximate surface area is 122 Å². The zero-order valence-corrected chi connectivity index (χ0v) is 13.3. The summed E-state index contributed by atoms with van der Waals surface area (Å²) in [6.45, 7) is 2.66. The molecule has 0 radical (unpaired) electrons. The lowest BCUT2D eigenvalue weighted by molar-refractivity contribution is -0.133. The van der Waals surface area contributed by atoms with Crippen molar-refractivity contribution >= 4 is 15.7 Å². The molecule has 1 aliphatic heterocycles. The molecule has 1 unspecified atom stereocenters. The maximum absolute atomic E-state index is 12.7. The van der Waals surface area contributed by atoms with E-state index >= 15 is 0 Å². The molecule has 0 aromatic carbocycles. The fourth-order valence-corrected chi connectivity index (χ4v) is 4.12. The lowest BCUT2D eigenvalue weighted by atomic mass is 9.98. The molecule has 1 saturated carbocycles. The van der Waals surface area contributed by atoms with Gasteiger partial charge in [0.15, 0.2) is 0 Å². The highest BCUT2D eigenvalue weighted by Gasteiger charge is 2.51. The minimum Gasteiger partial charge on any atom is -0.326 e. The first kappa shape index (κ1) is 15.8. The van der Waals surface area contributed by atoms with Crippen LogP contribution in [0.4, 0.5) is 0 Å². The molecule has 1 heterocycles. The summed E-state index contributed by atoms with van der Waals surface area (Å²) in [6, 6.07) is 0. The predicted octanol–water partition coefficient (Wildman–Crippen LogP) is 1.29. The minimum absolute atomic E-state index is 0.0881. The van der Waals surface area contributed by atoms with Gasteiger partial charge in [-0.05, 0) is 25.7 Å². The number of hydrogen-bond donors (Lipinski definition) is 1. The summed E-state index contributed by atoms with van der Waals surface area (Å²) < 4.78 is 22.4. The highest BCUT2D eigenvalue weighted by Crippen LogP contribution is 2.37. The van der Waals surface area contributed by atoms with Crippen LogP contribution in [0.1, 0.15) is 51.9 Å². The van der Waals surface area contributed by atoms with E-state index in [0.717, 1.165) is 38.5 Å². The van der Waals surface area contributed by atoms with Gasteiger partial charge in [0, 0.05) is 12.8 Å². The molecular formula is C14H26N2O3S. The Morgan fingerprint density at radius 3 is 2.55 bits per heavy atom. The topological polar surface area (TPSA) is 66.5 Å². The standard InChI is InChI=1S/C14H26N2O3S/c1-3-7-12-15-14(8-4-5-9-14)13(17)16(12)10-6-11-20(2,18)19/h12,15H,3-11H2,1-2H3. The molecule has 2 aliphatic rings. The first-order chi connectivity index (χ1) is 9.38. The SMILES string of the molecule is CCCC1NC2(CCCC2)C(=O)N1CCCS(C)(=O)=O. The molecule has 6 heteroatoms. The van der Waals surface area contributed by atoms with Crippen LogP contribution < -0.4 is 5.32 Å². The quantitative estimate of drug-likeness (QED) is 0.803. The van der Waals surface area contributed by atoms with Crippen molar-refractivity contribution in [3.8, 4) is 0 Å². The van der Waals surface area contributed by atoms with Crippen LogP contribution in [0.25, 0.3) is 0 Å². The van der Waals surface area contributed by atoms with Gasteiger partial charge >= 0.3 is 0 Å². The molecule has 2 fully saturated rings. The molecule has 1 spiro atoms. The van der Waals surface area contributed by atoms with Crippen molar-refractivity contribution in [2.75, 3.05) is 18.6 Å². The number of carbonyl (C=O) groups is 1. The highest BCUT2D eigenvalue weighted by atomic mass is 32.2. The molecule has 1 saturated heterocycles. The fraction of sp³-hybridized carbons (Fsp3) is 0.929. The molecule has 0 aromatic rings. The highest BCUT2D eigenvalue weighted by molar-refractivity contribution is 7.90. The number of sulfone groups is 1. The van der Waals surface area contributed by atoms with Crippen molar-refractivity contribution in [2.45, 2.75) is 63.6 Å². The van der Waals surface area contributed by atoms with Crippen molar-refractivity contribution in [1.29, 1.82) is 0 Å². The summed E-state index contributed by atoms with van der Waals surface area (Å²) in [5.74, 6) is 0.352. The van der Waals surface area contributed by atoms with Gasteiger partial charge in [-0.2, -0.15) is 0 Å². The van der Waals surface area contributed by atoms with Crippen LogP contribution in [-0.2, 0) is 14.6 Å². The van der Waals surface area contributed by atoms with Gasteiger partial charge in [-0.15, -0.1) is 0 Å². The summed E-state index contributed by atoms with van der Waals surface area (Å²) in [5.41, 5.74) is -0.342. The Morgan fingerprint density at radius 1 is 1.35 bits per heavy atom. The maximum Gasteiger partial charge on any atom is 0.244 e. The van der Waals surface area contributed by atoms with E-state index in [0.29, 0.717) is 13.0 Å². The van der Waals surface area contributed by atoms with E-state index in [2.05, 4.69) is 12.2 Å². The van der Waals surface area contributed by atoms with E-state index in [1.807, 2.05) is 4.90 Å². The Bertz CT molecular complexity index is 455. The third-order valence-corrected chi connectivity index (χ3v) is 5.45. The monoisotopic (exact) mass is 302 g/mol. The number of rotatable bonds is 6. The van der Waals surface area contributed by atoms with Crippen LogP contribution in [0, 0.1) is 0 Å². The third kappa shape index (κ3) is 3.34. The van der Waals surface area contributed by atoms with Crippen LogP contribution in [0.15, 0.2) is 0 Å². The van der Waals surface area contributed by atoms with Crippen LogP contribution in [0.5, 0.6) is 0 Å². The zero-order valence-electron chi connectivity index (χ0n) is 12.5.